The number of fused-ring (bicyclic) bond motifs is 1. The Hall–Kier alpha value is -3.26. The molecule has 2 aromatic heterocycles. The maximum atomic E-state index is 5.39. The number of nitrogens with one attached hydrogen (secondary N) is 2. The first-order valence-electron chi connectivity index (χ1n) is 9.40. The number of nitrogens with zero attached hydrogens (tertiary/aromatic N) is 4. The lowest BCUT2D eigenvalue weighted by Crippen LogP contribution is -2.32. The SMILES string of the molecule is COc1cc(N2CCc3ccccc3C2)nc(NC(=S)NCc2cccnc2)n1. The van der Waals surface area contributed by atoms with Crippen LogP contribution >= 0.6 is 12.2 Å². The van der Waals surface area contributed by atoms with Crippen LogP contribution in [0.1, 0.15) is 16.7 Å². The summed E-state index contributed by atoms with van der Waals surface area (Å²) in [5.74, 6) is 1.71. The quantitative estimate of drug-likeness (QED) is 0.627. The molecule has 0 fully saturated rings. The highest BCUT2D eigenvalue weighted by Crippen LogP contribution is 2.26. The van der Waals surface area contributed by atoms with E-state index in [0.717, 1.165) is 30.9 Å². The summed E-state index contributed by atoms with van der Waals surface area (Å²) in [7, 11) is 1.60. The molecule has 0 amide bonds. The molecule has 0 saturated carbocycles. The van der Waals surface area contributed by atoms with E-state index in [9.17, 15) is 0 Å². The van der Waals surface area contributed by atoms with Crippen molar-refractivity contribution >= 4 is 29.1 Å². The van der Waals surface area contributed by atoms with Crippen LogP contribution in [0.4, 0.5) is 11.8 Å². The summed E-state index contributed by atoms with van der Waals surface area (Å²) >= 11 is 5.39. The topological polar surface area (TPSA) is 75.2 Å². The largest absolute Gasteiger partial charge is 0.481 e. The van der Waals surface area contributed by atoms with E-state index in [0.29, 0.717) is 23.5 Å². The van der Waals surface area contributed by atoms with Gasteiger partial charge in [0.05, 0.1) is 7.11 Å². The third-order valence-electron chi connectivity index (χ3n) is 4.75. The molecule has 29 heavy (non-hydrogen) atoms. The number of methoxy groups -OCH3 is 1. The Bertz CT molecular complexity index is 997. The molecule has 0 aliphatic carbocycles. The molecular weight excluding hydrogens is 384 g/mol. The van der Waals surface area contributed by atoms with Gasteiger partial charge in [-0.15, -0.1) is 0 Å². The van der Waals surface area contributed by atoms with Crippen molar-refractivity contribution in [1.29, 1.82) is 0 Å². The number of rotatable bonds is 5. The van der Waals surface area contributed by atoms with Gasteiger partial charge in [-0.05, 0) is 41.4 Å². The number of aromatic nitrogens is 3. The zero-order valence-corrected chi connectivity index (χ0v) is 16.9. The van der Waals surface area contributed by atoms with E-state index in [2.05, 4.69) is 54.8 Å². The average molecular weight is 407 g/mol. The van der Waals surface area contributed by atoms with Crippen LogP contribution in [0.3, 0.4) is 0 Å². The fraction of sp³-hybridized carbons (Fsp3) is 0.238. The molecule has 2 N–H and O–H groups in total. The summed E-state index contributed by atoms with van der Waals surface area (Å²) in [6.45, 7) is 2.26. The summed E-state index contributed by atoms with van der Waals surface area (Å²) in [6, 6.07) is 14.2. The highest BCUT2D eigenvalue weighted by atomic mass is 32.1. The normalized spacial score (nSPS) is 12.8. The number of thiocarbonyl (C=S) groups is 1. The van der Waals surface area contributed by atoms with E-state index in [4.69, 9.17) is 17.0 Å². The molecule has 1 aliphatic rings. The second-order valence-corrected chi connectivity index (χ2v) is 7.11. The molecule has 4 rings (SSSR count). The van der Waals surface area contributed by atoms with E-state index in [1.165, 1.54) is 11.1 Å². The molecule has 0 bridgehead atoms. The number of ether oxygens (including phenoxy) is 1. The number of hydrogen-bond donors (Lipinski definition) is 2. The van der Waals surface area contributed by atoms with Crippen LogP contribution in [0.2, 0.25) is 0 Å². The Morgan fingerprint density at radius 3 is 2.83 bits per heavy atom. The lowest BCUT2D eigenvalue weighted by atomic mass is 10.00. The predicted octanol–water partition coefficient (Wildman–Crippen LogP) is 2.93. The second kappa shape index (κ2) is 8.83. The van der Waals surface area contributed by atoms with E-state index in [1.54, 1.807) is 19.5 Å². The molecule has 1 aliphatic heterocycles. The minimum Gasteiger partial charge on any atom is -0.481 e. The van der Waals surface area contributed by atoms with Gasteiger partial charge in [-0.3, -0.25) is 4.98 Å². The van der Waals surface area contributed by atoms with Gasteiger partial charge in [-0.1, -0.05) is 30.3 Å². The van der Waals surface area contributed by atoms with E-state index >= 15 is 0 Å². The van der Waals surface area contributed by atoms with Gasteiger partial charge in [-0.2, -0.15) is 9.97 Å². The third kappa shape index (κ3) is 4.78. The van der Waals surface area contributed by atoms with Crippen LogP contribution in [0, 0.1) is 0 Å². The molecule has 3 heterocycles. The van der Waals surface area contributed by atoms with E-state index in [1.807, 2.05) is 18.2 Å². The molecule has 148 valence electrons. The Morgan fingerprint density at radius 1 is 1.17 bits per heavy atom. The molecule has 0 atom stereocenters. The first kappa shape index (κ1) is 19.1. The molecule has 0 saturated heterocycles. The summed E-state index contributed by atoms with van der Waals surface area (Å²) in [6.07, 6.45) is 4.52. The lowest BCUT2D eigenvalue weighted by Gasteiger charge is -2.30. The van der Waals surface area contributed by atoms with Crippen molar-refractivity contribution in [3.05, 3.63) is 71.5 Å². The maximum absolute atomic E-state index is 5.39. The van der Waals surface area contributed by atoms with Crippen LogP contribution < -0.4 is 20.3 Å². The molecular formula is C21H22N6OS. The summed E-state index contributed by atoms with van der Waals surface area (Å²) in [5.41, 5.74) is 3.75. The summed E-state index contributed by atoms with van der Waals surface area (Å²) < 4.78 is 5.38. The van der Waals surface area contributed by atoms with Gasteiger partial charge in [0, 0.05) is 38.1 Å². The number of pyridine rings is 1. The smallest absolute Gasteiger partial charge is 0.234 e. The Balaban J connectivity index is 1.46. The molecule has 0 radical (unpaired) electrons. The monoisotopic (exact) mass is 406 g/mol. The Labute approximate surface area is 175 Å². The molecule has 1 aromatic carbocycles. The van der Waals surface area contributed by atoms with Gasteiger partial charge in [0.25, 0.3) is 0 Å². The van der Waals surface area contributed by atoms with Crippen molar-refractivity contribution in [2.45, 2.75) is 19.5 Å². The highest BCUT2D eigenvalue weighted by molar-refractivity contribution is 7.80. The van der Waals surface area contributed by atoms with E-state index in [-0.39, 0.29) is 0 Å². The van der Waals surface area contributed by atoms with Gasteiger partial charge in [0.1, 0.15) is 5.82 Å². The Kier molecular flexibility index (Phi) is 5.81. The van der Waals surface area contributed by atoms with Crippen molar-refractivity contribution in [2.75, 3.05) is 23.9 Å². The summed E-state index contributed by atoms with van der Waals surface area (Å²) in [5, 5.41) is 6.64. The van der Waals surface area contributed by atoms with Crippen LogP contribution in [0.25, 0.3) is 0 Å². The van der Waals surface area contributed by atoms with Gasteiger partial charge in [-0.25, -0.2) is 0 Å². The first-order valence-corrected chi connectivity index (χ1v) is 9.80. The van der Waals surface area contributed by atoms with Crippen LogP contribution in [0.15, 0.2) is 54.9 Å². The molecule has 8 heteroatoms. The molecule has 7 nitrogen and oxygen atoms in total. The zero-order chi connectivity index (χ0) is 20.1. The van der Waals surface area contributed by atoms with Crippen LogP contribution in [-0.2, 0) is 19.5 Å². The number of benzene rings is 1. The summed E-state index contributed by atoms with van der Waals surface area (Å²) in [4.78, 5) is 15.4. The van der Waals surface area contributed by atoms with Crippen molar-refractivity contribution < 1.29 is 4.74 Å². The molecule has 0 unspecified atom stereocenters. The van der Waals surface area contributed by atoms with Crippen molar-refractivity contribution in [1.82, 2.24) is 20.3 Å². The van der Waals surface area contributed by atoms with Crippen LogP contribution in [-0.4, -0.2) is 33.7 Å². The second-order valence-electron chi connectivity index (χ2n) is 6.70. The van der Waals surface area contributed by atoms with Gasteiger partial charge in [0.2, 0.25) is 11.8 Å². The maximum Gasteiger partial charge on any atom is 0.234 e. The fourth-order valence-electron chi connectivity index (χ4n) is 3.26. The average Bonchev–Trinajstić information content (AvgIpc) is 2.78. The first-order chi connectivity index (χ1) is 14.2. The van der Waals surface area contributed by atoms with Crippen molar-refractivity contribution in [3.8, 4) is 5.88 Å². The predicted molar refractivity (Wildman–Crippen MR) is 117 cm³/mol. The standard InChI is InChI=1S/C21H22N6OS/c1-28-19-11-18(27-10-8-16-6-2-3-7-17(16)14-27)24-20(25-19)26-21(29)23-13-15-5-4-9-22-12-15/h2-7,9,11-12H,8,10,13-14H2,1H3,(H2,23,24,25,26,29). The molecule has 3 aromatic rings. The van der Waals surface area contributed by atoms with Gasteiger partial charge >= 0.3 is 0 Å². The van der Waals surface area contributed by atoms with Crippen LogP contribution in [0.5, 0.6) is 5.88 Å². The van der Waals surface area contributed by atoms with Gasteiger partial charge in [0.15, 0.2) is 5.11 Å². The minimum atomic E-state index is 0.405. The zero-order valence-electron chi connectivity index (χ0n) is 16.1. The number of hydrogen-bond acceptors (Lipinski definition) is 6. The number of anilines is 2. The van der Waals surface area contributed by atoms with Crippen molar-refractivity contribution in [3.63, 3.8) is 0 Å². The van der Waals surface area contributed by atoms with Crippen molar-refractivity contribution in [2.24, 2.45) is 0 Å². The lowest BCUT2D eigenvalue weighted by molar-refractivity contribution is 0.397. The van der Waals surface area contributed by atoms with Gasteiger partial charge < -0.3 is 20.3 Å². The highest BCUT2D eigenvalue weighted by Gasteiger charge is 2.19. The fourth-order valence-corrected chi connectivity index (χ4v) is 3.42. The minimum absolute atomic E-state index is 0.405. The Morgan fingerprint density at radius 2 is 2.03 bits per heavy atom. The molecule has 0 spiro atoms. The van der Waals surface area contributed by atoms with E-state index < -0.39 is 0 Å². The third-order valence-corrected chi connectivity index (χ3v) is 5.00.